The van der Waals surface area contributed by atoms with Crippen molar-refractivity contribution in [3.8, 4) is 0 Å². The van der Waals surface area contributed by atoms with E-state index in [1.807, 2.05) is 0 Å². The van der Waals surface area contributed by atoms with Crippen LogP contribution in [-0.4, -0.2) is 96.7 Å². The van der Waals surface area contributed by atoms with Gasteiger partial charge in [-0.25, -0.2) is 9.13 Å². The molecule has 7 atom stereocenters. The van der Waals surface area contributed by atoms with Crippen LogP contribution in [0.25, 0.3) is 0 Å². The maximum absolute atomic E-state index is 13.1. The molecular formula is C86H168O17P2. The summed E-state index contributed by atoms with van der Waals surface area (Å²) in [5, 5.41) is 10.7. The molecule has 0 radical (unpaired) electrons. The molecule has 0 aliphatic rings. The highest BCUT2D eigenvalue weighted by atomic mass is 31.2. The predicted molar refractivity (Wildman–Crippen MR) is 432 cm³/mol. The molecule has 4 unspecified atom stereocenters. The molecule has 0 aliphatic carbocycles. The van der Waals surface area contributed by atoms with Gasteiger partial charge in [0.2, 0.25) is 0 Å². The molecule has 0 aromatic rings. The van der Waals surface area contributed by atoms with Crippen LogP contribution in [-0.2, 0) is 65.4 Å². The van der Waals surface area contributed by atoms with Crippen LogP contribution in [0.15, 0.2) is 0 Å². The number of phosphoric acid groups is 2. The lowest BCUT2D eigenvalue weighted by Gasteiger charge is -2.21. The van der Waals surface area contributed by atoms with Gasteiger partial charge in [-0.3, -0.25) is 37.3 Å². The Kier molecular flexibility index (Phi) is 73.4. The fourth-order valence-electron chi connectivity index (χ4n) is 13.3. The largest absolute Gasteiger partial charge is 0.472 e. The minimum Gasteiger partial charge on any atom is -0.462 e. The van der Waals surface area contributed by atoms with Gasteiger partial charge in [0.05, 0.1) is 26.4 Å². The first-order chi connectivity index (χ1) is 50.7. The van der Waals surface area contributed by atoms with E-state index in [-0.39, 0.29) is 25.7 Å². The third kappa shape index (κ3) is 77.2. The number of rotatable bonds is 83. The van der Waals surface area contributed by atoms with Gasteiger partial charge in [-0.05, 0) is 49.4 Å². The second-order valence-electron chi connectivity index (χ2n) is 32.4. The highest BCUT2D eigenvalue weighted by Gasteiger charge is 2.31. The number of hydrogen-bond donors (Lipinski definition) is 3. The average molecular weight is 1540 g/mol. The van der Waals surface area contributed by atoms with E-state index < -0.39 is 97.5 Å². The highest BCUT2D eigenvalue weighted by Crippen LogP contribution is 2.45. The number of phosphoric ester groups is 2. The van der Waals surface area contributed by atoms with Crippen LogP contribution in [0.3, 0.4) is 0 Å². The predicted octanol–water partition coefficient (Wildman–Crippen LogP) is 25.9. The van der Waals surface area contributed by atoms with Gasteiger partial charge in [0, 0.05) is 25.7 Å². The number of carbonyl (C=O) groups excluding carboxylic acids is 4. The van der Waals surface area contributed by atoms with E-state index in [0.717, 1.165) is 120 Å². The SMILES string of the molecule is CCC(C)CCCCCCCCCCCCCCCCCCCCC(=O)OC[C@H](COP(=O)(O)OC[C@@H](O)COP(=O)(O)OC[C@@H](COC(=O)CCCCCCCCC(C)CC)OC(=O)CCCCCCCCCCCCCCCCCC(C)C)OC(=O)CCCCCCCCCCCCCCC(C)C. The monoisotopic (exact) mass is 1540 g/mol. The maximum Gasteiger partial charge on any atom is 0.472 e. The summed E-state index contributed by atoms with van der Waals surface area (Å²) in [5.74, 6) is 1.07. The van der Waals surface area contributed by atoms with Crippen LogP contribution in [0, 0.1) is 23.7 Å². The first kappa shape index (κ1) is 103. The Hall–Kier alpha value is -1.94. The number of hydrogen-bond acceptors (Lipinski definition) is 15. The molecule has 0 aliphatic heterocycles. The summed E-state index contributed by atoms with van der Waals surface area (Å²) < 4.78 is 68.9. The summed E-state index contributed by atoms with van der Waals surface area (Å²) in [7, 11) is -9.93. The number of esters is 4. The smallest absolute Gasteiger partial charge is 0.462 e. The first-order valence-corrected chi connectivity index (χ1v) is 47.3. The Morgan fingerprint density at radius 1 is 0.267 bits per heavy atom. The van der Waals surface area contributed by atoms with Crippen molar-refractivity contribution in [1.29, 1.82) is 0 Å². The number of ether oxygens (including phenoxy) is 4. The standard InChI is InChI=1S/C86H168O17P2/c1-9-78(7)64-56-48-40-34-28-21-17-13-11-12-14-18-22-29-35-41-50-58-66-83(88)96-72-81(102-85(90)69-61-53-43-37-31-25-24-27-33-39-47-55-63-77(5)6)74-100-104(92,93)98-70-80(87)71-99-105(94,95)101-75-82(73-97-84(89)67-59-51-45-44-49-57-65-79(8)10-2)103-86(91)68-60-52-42-36-30-23-19-15-16-20-26-32-38-46-54-62-76(3)4/h76-82,87H,9-75H2,1-8H3,(H,92,93)(H,94,95)/t78?,79?,80-,81-,82-/m1/s1. The van der Waals surface area contributed by atoms with Gasteiger partial charge in [0.15, 0.2) is 12.2 Å². The average Bonchev–Trinajstić information content (AvgIpc) is 0.902. The Morgan fingerprint density at radius 3 is 0.676 bits per heavy atom. The lowest BCUT2D eigenvalue weighted by molar-refractivity contribution is -0.161. The second-order valence-corrected chi connectivity index (χ2v) is 35.3. The molecule has 0 aromatic heterocycles. The van der Waals surface area contributed by atoms with Crippen molar-refractivity contribution in [2.75, 3.05) is 39.6 Å². The molecule has 0 aromatic carbocycles. The Morgan fingerprint density at radius 2 is 0.457 bits per heavy atom. The van der Waals surface area contributed by atoms with Crippen LogP contribution in [0.2, 0.25) is 0 Å². The minimum atomic E-state index is -4.97. The molecule has 0 heterocycles. The molecule has 3 N–H and O–H groups in total. The van der Waals surface area contributed by atoms with Gasteiger partial charge in [-0.2, -0.15) is 0 Å². The number of aliphatic hydroxyl groups excluding tert-OH is 1. The summed E-state index contributed by atoms with van der Waals surface area (Å²) in [6.07, 6.45) is 63.9. The number of aliphatic hydroxyl groups is 1. The van der Waals surface area contributed by atoms with Crippen molar-refractivity contribution in [2.24, 2.45) is 23.7 Å². The normalized spacial score (nSPS) is 14.4. The molecule has 105 heavy (non-hydrogen) atoms. The van der Waals surface area contributed by atoms with Crippen LogP contribution in [0.1, 0.15) is 447 Å². The summed E-state index contributed by atoms with van der Waals surface area (Å²) in [6.45, 7) is 14.3. The van der Waals surface area contributed by atoms with Crippen molar-refractivity contribution in [1.82, 2.24) is 0 Å². The van der Waals surface area contributed by atoms with Gasteiger partial charge in [0.25, 0.3) is 0 Å². The van der Waals surface area contributed by atoms with Crippen molar-refractivity contribution in [3.05, 3.63) is 0 Å². The molecule has 624 valence electrons. The van der Waals surface area contributed by atoms with Gasteiger partial charge in [-0.1, -0.05) is 396 Å². The number of unbranched alkanes of at least 4 members (excludes halogenated alkanes) is 47. The molecule has 17 nitrogen and oxygen atoms in total. The van der Waals surface area contributed by atoms with Crippen molar-refractivity contribution in [2.45, 2.75) is 465 Å². The van der Waals surface area contributed by atoms with Gasteiger partial charge in [-0.15, -0.1) is 0 Å². The zero-order valence-electron chi connectivity index (χ0n) is 69.4. The van der Waals surface area contributed by atoms with Crippen molar-refractivity contribution >= 4 is 39.5 Å². The molecule has 0 saturated heterocycles. The summed E-state index contributed by atoms with van der Waals surface area (Å²) in [4.78, 5) is 73.2. The summed E-state index contributed by atoms with van der Waals surface area (Å²) in [5.41, 5.74) is 0. The van der Waals surface area contributed by atoms with Crippen LogP contribution in [0.4, 0.5) is 0 Å². The Balaban J connectivity index is 5.20. The Bertz CT molecular complexity index is 2050. The number of carbonyl (C=O) groups is 4. The highest BCUT2D eigenvalue weighted by molar-refractivity contribution is 7.47. The van der Waals surface area contributed by atoms with Crippen LogP contribution in [0.5, 0.6) is 0 Å². The van der Waals surface area contributed by atoms with Gasteiger partial charge < -0.3 is 33.8 Å². The first-order valence-electron chi connectivity index (χ1n) is 44.3. The molecular weight excluding hydrogens is 1370 g/mol. The van der Waals surface area contributed by atoms with Crippen LogP contribution < -0.4 is 0 Å². The quantitative estimate of drug-likeness (QED) is 0.0222. The molecule has 0 saturated carbocycles. The van der Waals surface area contributed by atoms with Crippen molar-refractivity contribution < 1.29 is 80.2 Å². The van der Waals surface area contributed by atoms with E-state index in [1.165, 1.54) is 244 Å². The third-order valence-corrected chi connectivity index (χ3v) is 22.7. The minimum absolute atomic E-state index is 0.107. The van der Waals surface area contributed by atoms with E-state index in [2.05, 4.69) is 55.4 Å². The van der Waals surface area contributed by atoms with Crippen LogP contribution >= 0.6 is 15.6 Å². The molecule has 0 rings (SSSR count). The van der Waals surface area contributed by atoms with E-state index in [0.29, 0.717) is 25.7 Å². The molecule has 0 fully saturated rings. The van der Waals surface area contributed by atoms with Gasteiger partial charge in [0.1, 0.15) is 19.3 Å². The fourth-order valence-corrected chi connectivity index (χ4v) is 14.8. The third-order valence-electron chi connectivity index (χ3n) is 20.8. The lowest BCUT2D eigenvalue weighted by Crippen LogP contribution is -2.30. The van der Waals surface area contributed by atoms with E-state index in [4.69, 9.17) is 37.0 Å². The fraction of sp³-hybridized carbons (Fsp3) is 0.953. The maximum atomic E-state index is 13.1. The van der Waals surface area contributed by atoms with E-state index in [1.54, 1.807) is 0 Å². The zero-order chi connectivity index (χ0) is 77.4. The molecule has 0 amide bonds. The Labute approximate surface area is 645 Å². The zero-order valence-corrected chi connectivity index (χ0v) is 71.2. The molecule has 0 bridgehead atoms. The van der Waals surface area contributed by atoms with E-state index in [9.17, 15) is 43.2 Å². The van der Waals surface area contributed by atoms with Crippen molar-refractivity contribution in [3.63, 3.8) is 0 Å². The summed E-state index contributed by atoms with van der Waals surface area (Å²) in [6, 6.07) is 0. The molecule has 0 spiro atoms. The lowest BCUT2D eigenvalue weighted by atomic mass is 9.99. The van der Waals surface area contributed by atoms with Gasteiger partial charge >= 0.3 is 39.5 Å². The van der Waals surface area contributed by atoms with E-state index >= 15 is 0 Å². The topological polar surface area (TPSA) is 237 Å². The summed E-state index contributed by atoms with van der Waals surface area (Å²) >= 11 is 0. The second kappa shape index (κ2) is 74.8. The molecule has 19 heteroatoms.